The van der Waals surface area contributed by atoms with Crippen LogP contribution in [-0.2, 0) is 14.1 Å². The molecule has 0 aliphatic heterocycles. The third-order valence-corrected chi connectivity index (χ3v) is 9.61. The molecule has 8 nitrogen and oxygen atoms in total. The van der Waals surface area contributed by atoms with Crippen LogP contribution in [0.3, 0.4) is 0 Å². The Labute approximate surface area is 193 Å². The van der Waals surface area contributed by atoms with Crippen molar-refractivity contribution in [3.63, 3.8) is 0 Å². The van der Waals surface area contributed by atoms with Gasteiger partial charge >= 0.3 is 11.9 Å². The predicted molar refractivity (Wildman–Crippen MR) is 129 cm³/mol. The fourth-order valence-corrected chi connectivity index (χ4v) is 7.62. The lowest BCUT2D eigenvalue weighted by atomic mass is 10.4. The number of ether oxygens (including phenoxy) is 1. The zero-order chi connectivity index (χ0) is 23.9. The molecular weight excluding hydrogens is 460 g/mol. The molecule has 172 valence electrons. The number of esters is 1. The molecule has 0 saturated carbocycles. The summed E-state index contributed by atoms with van der Waals surface area (Å²) >= 11 is 0. The monoisotopic (exact) mass is 486 g/mol. The van der Waals surface area contributed by atoms with Crippen molar-refractivity contribution in [1.29, 1.82) is 0 Å². The molecule has 0 saturated heterocycles. The first-order valence-electron chi connectivity index (χ1n) is 10.1. The molecule has 0 fully saturated rings. The number of rotatable bonds is 8. The second kappa shape index (κ2) is 10.7. The van der Waals surface area contributed by atoms with Crippen molar-refractivity contribution < 1.29 is 28.5 Å². The van der Waals surface area contributed by atoms with Crippen molar-refractivity contribution in [3.8, 4) is 0 Å². The van der Waals surface area contributed by atoms with Crippen LogP contribution < -0.4 is 31.6 Å². The van der Waals surface area contributed by atoms with Crippen LogP contribution in [0, 0.1) is 0 Å². The molecule has 1 atom stereocenters. The van der Waals surface area contributed by atoms with Gasteiger partial charge in [-0.3, -0.25) is 14.9 Å². The molecule has 10 heteroatoms. The number of carbonyl (C=O) groups is 1. The maximum atomic E-state index is 12.7. The summed E-state index contributed by atoms with van der Waals surface area (Å²) in [6.45, 7) is -0.308. The number of likely N-dealkylation sites (N-methyl/N-ethyl adjacent to an activating group) is 1. The molecule has 0 bridgehead atoms. The number of nitrogens with zero attached hydrogens (tertiary/aromatic N) is 1. The summed E-state index contributed by atoms with van der Waals surface area (Å²) in [4.78, 5) is 32.6. The van der Waals surface area contributed by atoms with E-state index in [1.54, 1.807) is 5.09 Å². The lowest BCUT2D eigenvalue weighted by Gasteiger charge is -2.26. The molecule has 0 aliphatic rings. The van der Waals surface area contributed by atoms with Gasteiger partial charge in [0.25, 0.3) is 7.75 Å². The fourth-order valence-electron chi connectivity index (χ4n) is 3.44. The number of nitrogens with one attached hydrogen (secondary N) is 1. The molecule has 1 unspecified atom stereocenters. The molecule has 0 spiro atoms. The molecule has 0 aliphatic carbocycles. The molecular formula is C23H26N3O5P2+. The SMILES string of the molecule is C[N+](CC(=O)OC[P+](c1ccccc1)(c1ccccc1)c1ccccc1)=C(N)NP(=O)([O-])O. The molecule has 0 amide bonds. The van der Waals surface area contributed by atoms with E-state index in [-0.39, 0.29) is 18.9 Å². The lowest BCUT2D eigenvalue weighted by Crippen LogP contribution is -2.41. The summed E-state index contributed by atoms with van der Waals surface area (Å²) in [7, 11) is -5.78. The Hall–Kier alpha value is -3.02. The Bertz CT molecular complexity index is 1060. The van der Waals surface area contributed by atoms with Gasteiger partial charge in [0.05, 0.1) is 7.05 Å². The summed E-state index contributed by atoms with van der Waals surface area (Å²) in [6.07, 6.45) is 0.116. The highest BCUT2D eigenvalue weighted by Crippen LogP contribution is 2.55. The average Bonchev–Trinajstić information content (AvgIpc) is 2.80. The Morgan fingerprint density at radius 1 is 0.970 bits per heavy atom. The minimum atomic E-state index is -4.83. The van der Waals surface area contributed by atoms with Crippen LogP contribution >= 0.6 is 15.0 Å². The zero-order valence-corrected chi connectivity index (χ0v) is 19.9. The van der Waals surface area contributed by atoms with Crippen LogP contribution in [0.4, 0.5) is 0 Å². The van der Waals surface area contributed by atoms with Gasteiger partial charge in [0.2, 0.25) is 6.35 Å². The first kappa shape index (κ1) is 24.6. The molecule has 33 heavy (non-hydrogen) atoms. The summed E-state index contributed by atoms with van der Waals surface area (Å²) < 4.78 is 17.9. The van der Waals surface area contributed by atoms with Gasteiger partial charge in [-0.05, 0) is 36.4 Å². The minimum Gasteiger partial charge on any atom is -0.749 e. The highest BCUT2D eigenvalue weighted by atomic mass is 31.2. The largest absolute Gasteiger partial charge is 0.749 e. The maximum Gasteiger partial charge on any atom is 0.349 e. The van der Waals surface area contributed by atoms with Crippen LogP contribution in [0.15, 0.2) is 91.0 Å². The van der Waals surface area contributed by atoms with E-state index in [0.717, 1.165) is 20.5 Å². The Balaban J connectivity index is 1.97. The number of hydrogen-bond donors (Lipinski definition) is 3. The number of nitrogens with two attached hydrogens (primary N) is 1. The smallest absolute Gasteiger partial charge is 0.349 e. The van der Waals surface area contributed by atoms with Crippen LogP contribution in [0.25, 0.3) is 0 Å². The standard InChI is InChI=1S/C23H25N3O5P2/c1-26(23(24)25-33(28,29)30)17-22(27)31-18-32(19-11-5-2-6-12-19,20-13-7-3-8-14-20)21-15-9-4-10-16-21/h2-16H,17-18H2,1H3,(H3-,24,25,28,29,30)/p+1. The highest BCUT2D eigenvalue weighted by Gasteiger charge is 2.47. The third kappa shape index (κ3) is 6.28. The van der Waals surface area contributed by atoms with E-state index in [0.29, 0.717) is 0 Å². The van der Waals surface area contributed by atoms with E-state index in [1.165, 1.54) is 7.05 Å². The summed E-state index contributed by atoms with van der Waals surface area (Å²) in [5, 5.41) is 4.93. The van der Waals surface area contributed by atoms with E-state index in [2.05, 4.69) is 0 Å². The van der Waals surface area contributed by atoms with E-state index >= 15 is 0 Å². The second-order valence-electron chi connectivity index (χ2n) is 7.34. The molecule has 3 aromatic carbocycles. The Kier molecular flexibility index (Phi) is 8.01. The summed E-state index contributed by atoms with van der Waals surface area (Å²) in [6, 6.07) is 29.8. The second-order valence-corrected chi connectivity index (χ2v) is 12.0. The average molecular weight is 486 g/mol. The normalized spacial score (nSPS) is 14.0. The molecule has 0 radical (unpaired) electrons. The van der Waals surface area contributed by atoms with Crippen molar-refractivity contribution in [3.05, 3.63) is 91.0 Å². The van der Waals surface area contributed by atoms with Gasteiger partial charge in [-0.25, -0.2) is 9.88 Å². The van der Waals surface area contributed by atoms with E-state index in [4.69, 9.17) is 15.4 Å². The molecule has 0 heterocycles. The minimum absolute atomic E-state index is 0.116. The van der Waals surface area contributed by atoms with Crippen molar-refractivity contribution in [1.82, 2.24) is 5.09 Å². The van der Waals surface area contributed by atoms with Crippen molar-refractivity contribution in [2.24, 2.45) is 5.73 Å². The van der Waals surface area contributed by atoms with Gasteiger partial charge in [-0.15, -0.1) is 0 Å². The number of guanidine groups is 1. The topological polar surface area (TPSA) is 128 Å². The molecule has 3 rings (SSSR count). The van der Waals surface area contributed by atoms with E-state index < -0.39 is 21.0 Å². The van der Waals surface area contributed by atoms with E-state index in [1.807, 2.05) is 91.0 Å². The van der Waals surface area contributed by atoms with E-state index in [9.17, 15) is 14.3 Å². The van der Waals surface area contributed by atoms with Gasteiger partial charge in [0.1, 0.15) is 15.9 Å². The van der Waals surface area contributed by atoms with Crippen LogP contribution in [-0.4, -0.2) is 41.3 Å². The quantitative estimate of drug-likeness (QED) is 0.139. The number of hydrogen-bond acceptors (Lipinski definition) is 4. The molecule has 3 aromatic rings. The zero-order valence-electron chi connectivity index (χ0n) is 18.1. The van der Waals surface area contributed by atoms with Gasteiger partial charge in [-0.2, -0.15) is 0 Å². The van der Waals surface area contributed by atoms with Crippen molar-refractivity contribution >= 4 is 42.9 Å². The third-order valence-electron chi connectivity index (χ3n) is 5.04. The Morgan fingerprint density at radius 2 is 1.36 bits per heavy atom. The van der Waals surface area contributed by atoms with Crippen molar-refractivity contribution in [2.45, 2.75) is 0 Å². The van der Waals surface area contributed by atoms with Crippen LogP contribution in [0.5, 0.6) is 0 Å². The predicted octanol–water partition coefficient (Wildman–Crippen LogP) is 0.489. The van der Waals surface area contributed by atoms with Crippen LogP contribution in [0.2, 0.25) is 0 Å². The number of carbonyl (C=O) groups excluding carboxylic acids is 1. The van der Waals surface area contributed by atoms with Gasteiger partial charge in [-0.1, -0.05) is 54.6 Å². The lowest BCUT2D eigenvalue weighted by molar-refractivity contribution is -0.490. The van der Waals surface area contributed by atoms with Gasteiger partial charge < -0.3 is 14.5 Å². The van der Waals surface area contributed by atoms with Gasteiger partial charge in [0, 0.05) is 0 Å². The summed E-state index contributed by atoms with van der Waals surface area (Å²) in [5.41, 5.74) is 5.61. The van der Waals surface area contributed by atoms with Gasteiger partial charge in [0.15, 0.2) is 13.8 Å². The maximum absolute atomic E-state index is 12.7. The Morgan fingerprint density at radius 3 is 1.73 bits per heavy atom. The van der Waals surface area contributed by atoms with Crippen LogP contribution in [0.1, 0.15) is 0 Å². The molecule has 4 N–H and O–H groups in total. The fraction of sp³-hybridized carbons (Fsp3) is 0.130. The first-order chi connectivity index (χ1) is 15.7. The number of benzene rings is 3. The first-order valence-corrected chi connectivity index (χ1v) is 13.6. The molecule has 0 aromatic heterocycles. The summed E-state index contributed by atoms with van der Waals surface area (Å²) in [5.74, 6) is -0.976. The van der Waals surface area contributed by atoms with Crippen molar-refractivity contribution in [2.75, 3.05) is 19.9 Å². The highest BCUT2D eigenvalue weighted by molar-refractivity contribution is 7.95.